The number of aliphatic imine (C=N–C) groups is 2. The highest BCUT2D eigenvalue weighted by Crippen LogP contribution is 2.48. The molecular formula is C21H27N5O4. The van der Waals surface area contributed by atoms with Crippen LogP contribution in [0.5, 0.6) is 0 Å². The molecule has 1 aromatic carbocycles. The number of carbonyl (C=O) groups is 3. The van der Waals surface area contributed by atoms with Gasteiger partial charge in [0.15, 0.2) is 5.84 Å². The number of nitrogens with one attached hydrogen (secondary N) is 1. The summed E-state index contributed by atoms with van der Waals surface area (Å²) < 4.78 is 5.09. The smallest absolute Gasteiger partial charge is 0.311 e. The van der Waals surface area contributed by atoms with Gasteiger partial charge >= 0.3 is 5.97 Å². The first-order chi connectivity index (χ1) is 14.4. The van der Waals surface area contributed by atoms with Gasteiger partial charge in [-0.15, -0.1) is 0 Å². The zero-order chi connectivity index (χ0) is 21.7. The van der Waals surface area contributed by atoms with Crippen LogP contribution in [-0.4, -0.2) is 60.6 Å². The Labute approximate surface area is 175 Å². The van der Waals surface area contributed by atoms with Crippen molar-refractivity contribution in [3.63, 3.8) is 0 Å². The van der Waals surface area contributed by atoms with Crippen LogP contribution in [0.1, 0.15) is 25.3 Å². The zero-order valence-corrected chi connectivity index (χ0v) is 17.2. The number of fused-ring (bicyclic) bond motifs is 1. The molecule has 1 saturated heterocycles. The minimum Gasteiger partial charge on any atom is -0.466 e. The second-order valence-electron chi connectivity index (χ2n) is 7.44. The van der Waals surface area contributed by atoms with Gasteiger partial charge in [-0.2, -0.15) is 0 Å². The fraction of sp³-hybridized carbons (Fsp3) is 0.476. The Hall–Kier alpha value is -3.23. The molecule has 0 radical (unpaired) electrons. The monoisotopic (exact) mass is 413 g/mol. The molecule has 4 atom stereocenters. The van der Waals surface area contributed by atoms with Crippen molar-refractivity contribution in [2.45, 2.75) is 38.4 Å². The number of likely N-dealkylation sites (tertiary alicyclic amines) is 1. The molecule has 2 fully saturated rings. The number of nitrogens with zero attached hydrogens (tertiary/aromatic N) is 3. The van der Waals surface area contributed by atoms with E-state index in [4.69, 9.17) is 10.5 Å². The van der Waals surface area contributed by atoms with Crippen molar-refractivity contribution in [3.8, 4) is 0 Å². The van der Waals surface area contributed by atoms with Crippen molar-refractivity contribution in [3.05, 3.63) is 35.9 Å². The maximum Gasteiger partial charge on any atom is 0.311 e. The minimum absolute atomic E-state index is 0.0658. The van der Waals surface area contributed by atoms with Crippen LogP contribution >= 0.6 is 0 Å². The lowest BCUT2D eigenvalue weighted by Gasteiger charge is -2.23. The lowest BCUT2D eigenvalue weighted by Crippen LogP contribution is -2.50. The third-order valence-corrected chi connectivity index (χ3v) is 5.50. The molecule has 1 unspecified atom stereocenters. The van der Waals surface area contributed by atoms with Gasteiger partial charge in [0.25, 0.3) is 5.91 Å². The van der Waals surface area contributed by atoms with Gasteiger partial charge in [-0.25, -0.2) is 4.99 Å². The zero-order valence-electron chi connectivity index (χ0n) is 17.2. The molecule has 1 aromatic rings. The summed E-state index contributed by atoms with van der Waals surface area (Å²) in [7, 11) is 1.65. The van der Waals surface area contributed by atoms with Crippen LogP contribution in [-0.2, 0) is 25.7 Å². The molecule has 1 aliphatic carbocycles. The van der Waals surface area contributed by atoms with Gasteiger partial charge in [0.05, 0.1) is 19.1 Å². The minimum atomic E-state index is -0.701. The van der Waals surface area contributed by atoms with Crippen LogP contribution in [0.2, 0.25) is 0 Å². The van der Waals surface area contributed by atoms with Gasteiger partial charge < -0.3 is 20.7 Å². The van der Waals surface area contributed by atoms with E-state index in [1.807, 2.05) is 30.3 Å². The number of amidine groups is 1. The van der Waals surface area contributed by atoms with Crippen LogP contribution in [0.4, 0.5) is 0 Å². The molecular weight excluding hydrogens is 386 g/mol. The standard InChI is InChI=1S/C21H27N5O4/c1-3-30-21(29)16-14-9-10-15(20(28)26(2)17(14)16)25-19(27)18(22)24-12-23-11-13-7-5-4-6-8-13/h4-8,12,14-17H,3,9-11H2,1-2H3,(H,25,27)(H2,22,23,24)/t14-,15+,16+,17?/m1/s1. The highest BCUT2D eigenvalue weighted by Gasteiger charge is 2.60. The lowest BCUT2D eigenvalue weighted by molar-refractivity contribution is -0.146. The maximum absolute atomic E-state index is 12.7. The summed E-state index contributed by atoms with van der Waals surface area (Å²) in [5.41, 5.74) is 6.74. The largest absolute Gasteiger partial charge is 0.466 e. The van der Waals surface area contributed by atoms with E-state index in [-0.39, 0.29) is 35.6 Å². The van der Waals surface area contributed by atoms with Crippen molar-refractivity contribution in [2.75, 3.05) is 13.7 Å². The molecule has 0 aromatic heterocycles. The second-order valence-corrected chi connectivity index (χ2v) is 7.44. The first-order valence-electron chi connectivity index (χ1n) is 10.0. The summed E-state index contributed by atoms with van der Waals surface area (Å²) in [5, 5.41) is 2.64. The van der Waals surface area contributed by atoms with Gasteiger partial charge in [-0.1, -0.05) is 30.3 Å². The summed E-state index contributed by atoms with van der Waals surface area (Å²) in [4.78, 5) is 46.6. The molecule has 0 spiro atoms. The highest BCUT2D eigenvalue weighted by atomic mass is 16.5. The van der Waals surface area contributed by atoms with E-state index < -0.39 is 11.9 Å². The van der Waals surface area contributed by atoms with Gasteiger partial charge in [0.1, 0.15) is 12.4 Å². The number of hydrogen-bond acceptors (Lipinski definition) is 5. The Bertz CT molecular complexity index is 854. The Balaban J connectivity index is 1.53. The SMILES string of the molecule is CCOC(=O)[C@@H]1C2[C@@H]1CC[C@H](NC(=O)C(N)=NC=NCc1ccccc1)C(=O)N2C. The third kappa shape index (κ3) is 4.84. The summed E-state index contributed by atoms with van der Waals surface area (Å²) in [6.45, 7) is 2.50. The van der Waals surface area contributed by atoms with Crippen molar-refractivity contribution in [1.82, 2.24) is 10.2 Å². The predicted octanol–water partition coefficient (Wildman–Crippen LogP) is 0.487. The van der Waals surface area contributed by atoms with Crippen LogP contribution in [0.3, 0.4) is 0 Å². The highest BCUT2D eigenvalue weighted by molar-refractivity contribution is 6.38. The number of rotatable bonds is 6. The Morgan fingerprint density at radius 3 is 2.73 bits per heavy atom. The molecule has 9 heteroatoms. The van der Waals surface area contributed by atoms with E-state index in [0.717, 1.165) is 5.56 Å². The number of nitrogens with two attached hydrogens (primary N) is 1. The Morgan fingerprint density at radius 1 is 1.30 bits per heavy atom. The van der Waals surface area contributed by atoms with Crippen molar-refractivity contribution in [2.24, 2.45) is 27.6 Å². The number of esters is 1. The predicted molar refractivity (Wildman–Crippen MR) is 112 cm³/mol. The third-order valence-electron chi connectivity index (χ3n) is 5.50. The molecule has 160 valence electrons. The van der Waals surface area contributed by atoms with Gasteiger partial charge in [0.2, 0.25) is 5.91 Å². The first-order valence-corrected chi connectivity index (χ1v) is 10.0. The summed E-state index contributed by atoms with van der Waals surface area (Å²) in [6, 6.07) is 8.73. The number of benzene rings is 1. The fourth-order valence-electron chi connectivity index (χ4n) is 3.92. The number of likely N-dealkylation sites (N-methyl/N-ethyl adjacent to an activating group) is 1. The van der Waals surface area contributed by atoms with Crippen molar-refractivity contribution >= 4 is 30.0 Å². The van der Waals surface area contributed by atoms with Crippen LogP contribution < -0.4 is 11.1 Å². The summed E-state index contributed by atoms with van der Waals surface area (Å²) >= 11 is 0. The quantitative estimate of drug-likeness (QED) is 0.399. The number of amides is 2. The number of hydrogen-bond donors (Lipinski definition) is 2. The van der Waals surface area contributed by atoms with Crippen LogP contribution in [0.25, 0.3) is 0 Å². The van der Waals surface area contributed by atoms with Crippen molar-refractivity contribution in [1.29, 1.82) is 0 Å². The molecule has 2 aliphatic rings. The van der Waals surface area contributed by atoms with E-state index in [0.29, 0.717) is 26.0 Å². The summed E-state index contributed by atoms with van der Waals surface area (Å²) in [6.07, 6.45) is 2.31. The molecule has 3 N–H and O–H groups in total. The van der Waals surface area contributed by atoms with Gasteiger partial charge in [-0.3, -0.25) is 19.4 Å². The Morgan fingerprint density at radius 2 is 2.03 bits per heavy atom. The van der Waals surface area contributed by atoms with E-state index >= 15 is 0 Å². The normalized spacial score (nSPS) is 26.1. The lowest BCUT2D eigenvalue weighted by atomic mass is 10.1. The average Bonchev–Trinajstić information content (AvgIpc) is 3.49. The average molecular weight is 413 g/mol. The topological polar surface area (TPSA) is 126 Å². The first kappa shape index (κ1) is 21.5. The molecule has 0 bridgehead atoms. The molecule has 3 rings (SSSR count). The molecule has 2 amide bonds. The van der Waals surface area contributed by atoms with Crippen LogP contribution in [0.15, 0.2) is 40.3 Å². The molecule has 1 aliphatic heterocycles. The second kappa shape index (κ2) is 9.51. The fourth-order valence-corrected chi connectivity index (χ4v) is 3.92. The Kier molecular flexibility index (Phi) is 6.81. The maximum atomic E-state index is 12.7. The van der Waals surface area contributed by atoms with E-state index in [1.54, 1.807) is 18.9 Å². The molecule has 1 heterocycles. The van der Waals surface area contributed by atoms with Gasteiger partial charge in [0, 0.05) is 13.1 Å². The molecule has 30 heavy (non-hydrogen) atoms. The molecule has 1 saturated carbocycles. The summed E-state index contributed by atoms with van der Waals surface area (Å²) in [5.74, 6) is -1.60. The van der Waals surface area contributed by atoms with E-state index in [9.17, 15) is 14.4 Å². The van der Waals surface area contributed by atoms with E-state index in [1.165, 1.54) is 6.34 Å². The van der Waals surface area contributed by atoms with Crippen LogP contribution in [0, 0.1) is 11.8 Å². The van der Waals surface area contributed by atoms with E-state index in [2.05, 4.69) is 15.3 Å². The van der Waals surface area contributed by atoms with Gasteiger partial charge in [-0.05, 0) is 31.2 Å². The number of carbonyl (C=O) groups excluding carboxylic acids is 3. The number of ether oxygens (including phenoxy) is 1. The molecule has 9 nitrogen and oxygen atoms in total. The van der Waals surface area contributed by atoms with Crippen molar-refractivity contribution < 1.29 is 19.1 Å².